The number of allylic oxidation sites excluding steroid dienone is 1. The Morgan fingerprint density at radius 3 is 2.24 bits per heavy atom. The summed E-state index contributed by atoms with van der Waals surface area (Å²) in [5.41, 5.74) is 0.168. The number of benzene rings is 1. The molecular formula is C49H69N7O12. The van der Waals surface area contributed by atoms with Crippen molar-refractivity contribution in [3.05, 3.63) is 59.8 Å². The highest BCUT2D eigenvalue weighted by atomic mass is 16.7. The molecule has 0 bridgehead atoms. The van der Waals surface area contributed by atoms with Gasteiger partial charge in [0.25, 0.3) is 5.91 Å². The zero-order chi connectivity index (χ0) is 50.1. The molecule has 6 N–H and O–H groups in total. The van der Waals surface area contributed by atoms with Crippen LogP contribution in [0.25, 0.3) is 0 Å². The molecule has 5 rings (SSSR count). The van der Waals surface area contributed by atoms with E-state index in [9.17, 15) is 43.2 Å². The van der Waals surface area contributed by atoms with Gasteiger partial charge in [-0.1, -0.05) is 71.5 Å². The van der Waals surface area contributed by atoms with Crippen molar-refractivity contribution in [2.45, 2.75) is 162 Å². The first kappa shape index (κ1) is 52.9. The van der Waals surface area contributed by atoms with E-state index in [1.807, 2.05) is 45.0 Å². The van der Waals surface area contributed by atoms with Gasteiger partial charge in [-0.2, -0.15) is 0 Å². The van der Waals surface area contributed by atoms with Crippen LogP contribution in [-0.2, 0) is 64.0 Å². The fraction of sp³-hybridized carbons (Fsp3) is 0.612. The number of esters is 1. The van der Waals surface area contributed by atoms with Crippen LogP contribution >= 0.6 is 0 Å². The molecule has 7 amide bonds. The first-order valence-corrected chi connectivity index (χ1v) is 23.6. The van der Waals surface area contributed by atoms with Gasteiger partial charge >= 0.3 is 11.9 Å². The molecule has 7 atom stereocenters. The minimum atomic E-state index is -1.06. The van der Waals surface area contributed by atoms with E-state index in [0.29, 0.717) is 31.4 Å². The smallest absolute Gasteiger partial charge is 0.333 e. The first-order valence-electron chi connectivity index (χ1n) is 23.6. The van der Waals surface area contributed by atoms with Gasteiger partial charge in [-0.3, -0.25) is 33.6 Å². The molecule has 19 nitrogen and oxygen atoms in total. The Morgan fingerprint density at radius 2 is 1.62 bits per heavy atom. The van der Waals surface area contributed by atoms with E-state index in [1.165, 1.54) is 13.0 Å². The van der Waals surface area contributed by atoms with Gasteiger partial charge in [0.1, 0.15) is 30.3 Å². The van der Waals surface area contributed by atoms with Crippen molar-refractivity contribution in [3.63, 3.8) is 0 Å². The SMILES string of the molecule is C=C1CCC(=O)N1OC(=O)CCCC(=O)N[C@H](C(=O)N[C@@H](C)C(=O)NCc1ccc([C@H]2O[C@@H]2[C@@H](C)[C@@H]2C/C=C/C(=O)NCC(=O)NC3(CC3)C(C)(C)C(=O)N[C@@H](CC(C)C)C(=O)O2)cc1)C(C)C. The predicted octanol–water partition coefficient (Wildman–Crippen LogP) is 2.98. The fourth-order valence-corrected chi connectivity index (χ4v) is 8.33. The Labute approximate surface area is 398 Å². The number of hydroxylamine groups is 2. The summed E-state index contributed by atoms with van der Waals surface area (Å²) in [5, 5.41) is 17.5. The molecule has 1 aliphatic carbocycles. The standard InChI is InChI=1S/C49H69N7O12/c1-27(2)24-34-46(64)66-35(12-10-13-36(57)50-26-38(59)55-49(22-23-49)48(8,9)47(65)53-34)30(6)42-43(67-42)33-19-17-32(18-20-33)25-51-44(62)31(7)52-45(63)41(28(3)4)54-37(58)14-11-15-40(61)68-56-29(5)16-21-39(56)60/h10,13,17-20,27-28,30-31,34-35,41-43H,5,11-12,14-16,21-26H2,1-4,6-9H3,(H,50,57)(H,51,62)(H,52,63)(H,53,65)(H,54,58)(H,55,59)/b13-10+/t30-,31-,34-,35-,41-,42+,43+/m0/s1. The van der Waals surface area contributed by atoms with Crippen LogP contribution in [-0.4, -0.2) is 101 Å². The van der Waals surface area contributed by atoms with Gasteiger partial charge < -0.3 is 46.2 Å². The van der Waals surface area contributed by atoms with Crippen LogP contribution in [0.1, 0.15) is 130 Å². The third-order valence-corrected chi connectivity index (χ3v) is 13.1. The molecule has 1 aromatic carbocycles. The molecule has 68 heavy (non-hydrogen) atoms. The number of ether oxygens (including phenoxy) is 2. The van der Waals surface area contributed by atoms with Crippen LogP contribution in [0.4, 0.5) is 0 Å². The number of epoxide rings is 1. The van der Waals surface area contributed by atoms with Gasteiger partial charge in [0, 0.05) is 38.1 Å². The molecule has 372 valence electrons. The summed E-state index contributed by atoms with van der Waals surface area (Å²) in [6, 6.07) is 4.61. The summed E-state index contributed by atoms with van der Waals surface area (Å²) in [6.07, 6.45) is 3.72. The average molecular weight is 948 g/mol. The maximum absolute atomic E-state index is 13.9. The van der Waals surface area contributed by atoms with Crippen molar-refractivity contribution >= 4 is 53.3 Å². The number of nitrogens with one attached hydrogen (secondary N) is 6. The molecular weight excluding hydrogens is 879 g/mol. The Hall–Kier alpha value is -6.11. The minimum Gasteiger partial charge on any atom is -0.460 e. The number of nitrogens with zero attached hydrogens (tertiary/aromatic N) is 1. The highest BCUT2D eigenvalue weighted by molar-refractivity contribution is 5.94. The summed E-state index contributed by atoms with van der Waals surface area (Å²) in [4.78, 5) is 121. The Morgan fingerprint density at radius 1 is 0.926 bits per heavy atom. The monoisotopic (exact) mass is 948 g/mol. The minimum absolute atomic E-state index is 0.0401. The van der Waals surface area contributed by atoms with Gasteiger partial charge in [0.05, 0.1) is 29.3 Å². The third-order valence-electron chi connectivity index (χ3n) is 13.1. The van der Waals surface area contributed by atoms with Gasteiger partial charge in [-0.05, 0) is 81.9 Å². The summed E-state index contributed by atoms with van der Waals surface area (Å²) < 4.78 is 12.3. The number of amides is 7. The molecule has 1 spiro atoms. The third kappa shape index (κ3) is 14.0. The van der Waals surface area contributed by atoms with Crippen molar-refractivity contribution < 1.29 is 57.5 Å². The Balaban J connectivity index is 1.12. The quantitative estimate of drug-likeness (QED) is 0.0974. The zero-order valence-corrected chi connectivity index (χ0v) is 40.5. The predicted molar refractivity (Wildman–Crippen MR) is 247 cm³/mol. The lowest BCUT2D eigenvalue weighted by molar-refractivity contribution is -0.186. The molecule has 2 saturated heterocycles. The maximum Gasteiger partial charge on any atom is 0.333 e. The van der Waals surface area contributed by atoms with Crippen molar-refractivity contribution in [1.82, 2.24) is 37.0 Å². The largest absolute Gasteiger partial charge is 0.460 e. The van der Waals surface area contributed by atoms with Gasteiger partial charge in [-0.15, -0.1) is 5.06 Å². The van der Waals surface area contributed by atoms with Crippen LogP contribution in [0.3, 0.4) is 0 Å². The topological polar surface area (TPSA) is 260 Å². The van der Waals surface area contributed by atoms with Crippen molar-refractivity contribution in [2.24, 2.45) is 23.2 Å². The number of cyclic esters (lactones) is 1. The van der Waals surface area contributed by atoms with Crippen LogP contribution in [0.15, 0.2) is 48.7 Å². The van der Waals surface area contributed by atoms with Gasteiger partial charge in [0.15, 0.2) is 0 Å². The number of rotatable bonds is 17. The second-order valence-corrected chi connectivity index (χ2v) is 19.7. The van der Waals surface area contributed by atoms with E-state index in [1.54, 1.807) is 33.8 Å². The molecule has 3 fully saturated rings. The molecule has 3 heterocycles. The summed E-state index contributed by atoms with van der Waals surface area (Å²) in [6.45, 7) is 17.9. The van der Waals surface area contributed by atoms with Crippen LogP contribution < -0.4 is 31.9 Å². The van der Waals surface area contributed by atoms with E-state index >= 15 is 0 Å². The van der Waals surface area contributed by atoms with E-state index in [-0.39, 0.29) is 87.0 Å². The van der Waals surface area contributed by atoms with Crippen LogP contribution in [0.2, 0.25) is 0 Å². The van der Waals surface area contributed by atoms with E-state index in [0.717, 1.165) is 16.2 Å². The zero-order valence-electron chi connectivity index (χ0n) is 40.5. The van der Waals surface area contributed by atoms with Crippen molar-refractivity contribution in [2.75, 3.05) is 6.54 Å². The highest BCUT2D eigenvalue weighted by Gasteiger charge is 2.59. The highest BCUT2D eigenvalue weighted by Crippen LogP contribution is 2.50. The summed E-state index contributed by atoms with van der Waals surface area (Å²) >= 11 is 0. The fourth-order valence-electron chi connectivity index (χ4n) is 8.33. The number of hydrogen-bond donors (Lipinski definition) is 6. The number of hydrogen-bond acceptors (Lipinski definition) is 12. The molecule has 1 aromatic rings. The second kappa shape index (κ2) is 22.8. The Kier molecular flexibility index (Phi) is 17.7. The second-order valence-electron chi connectivity index (χ2n) is 19.7. The number of carbonyl (C=O) groups is 9. The van der Waals surface area contributed by atoms with Crippen LogP contribution in [0, 0.1) is 23.2 Å². The molecule has 1 saturated carbocycles. The van der Waals surface area contributed by atoms with E-state index in [2.05, 4.69) is 38.5 Å². The van der Waals surface area contributed by atoms with Gasteiger partial charge in [0.2, 0.25) is 35.4 Å². The van der Waals surface area contributed by atoms with E-state index in [4.69, 9.17) is 14.3 Å². The van der Waals surface area contributed by atoms with Crippen LogP contribution in [0.5, 0.6) is 0 Å². The summed E-state index contributed by atoms with van der Waals surface area (Å²) in [7, 11) is 0. The van der Waals surface area contributed by atoms with Gasteiger partial charge in [-0.25, -0.2) is 9.59 Å². The molecule has 19 heteroatoms. The average Bonchev–Trinajstić information content (AvgIpc) is 4.22. The maximum atomic E-state index is 13.9. The van der Waals surface area contributed by atoms with E-state index < -0.39 is 76.7 Å². The molecule has 3 aliphatic heterocycles. The van der Waals surface area contributed by atoms with Crippen molar-refractivity contribution in [1.29, 1.82) is 0 Å². The lowest BCUT2D eigenvalue weighted by atomic mass is 9.80. The lowest BCUT2D eigenvalue weighted by Gasteiger charge is -2.36. The number of carbonyl (C=O) groups excluding carboxylic acids is 9. The first-order chi connectivity index (χ1) is 32.0. The summed E-state index contributed by atoms with van der Waals surface area (Å²) in [5.74, 6) is -4.98. The molecule has 0 aromatic heterocycles. The molecule has 0 unspecified atom stereocenters. The van der Waals surface area contributed by atoms with Crippen molar-refractivity contribution in [3.8, 4) is 0 Å². The molecule has 0 radical (unpaired) electrons. The normalized spacial score (nSPS) is 24.5. The molecule has 4 aliphatic rings. The lowest BCUT2D eigenvalue weighted by Crippen LogP contribution is -2.58. The Bertz CT molecular complexity index is 2120.